The zero-order chi connectivity index (χ0) is 24.6. The topological polar surface area (TPSA) is 57.3 Å². The van der Waals surface area contributed by atoms with Gasteiger partial charge in [-0.15, -0.1) is 0 Å². The van der Waals surface area contributed by atoms with Gasteiger partial charge in [0.15, 0.2) is 11.5 Å². The Morgan fingerprint density at radius 3 is 2.51 bits per heavy atom. The Hall–Kier alpha value is -2.19. The van der Waals surface area contributed by atoms with Gasteiger partial charge < -0.3 is 19.7 Å². The van der Waals surface area contributed by atoms with Gasteiger partial charge in [-0.1, -0.05) is 35.3 Å². The van der Waals surface area contributed by atoms with Gasteiger partial charge in [0.05, 0.1) is 17.2 Å². The number of carbonyl (C=O) groups excluding carboxylic acids is 1. The zero-order valence-electron chi connectivity index (χ0n) is 20.2. The molecule has 4 rings (SSSR count). The molecule has 1 N–H and O–H groups in total. The van der Waals surface area contributed by atoms with E-state index < -0.39 is 0 Å². The number of benzene rings is 2. The number of halogens is 2. The average Bonchev–Trinajstić information content (AvgIpc) is 2.87. The van der Waals surface area contributed by atoms with Crippen molar-refractivity contribution in [2.24, 2.45) is 5.92 Å². The van der Waals surface area contributed by atoms with E-state index >= 15 is 0 Å². The molecule has 9 heteroatoms. The van der Waals surface area contributed by atoms with Crippen LogP contribution >= 0.6 is 23.2 Å². The molecule has 2 amide bonds. The van der Waals surface area contributed by atoms with Crippen molar-refractivity contribution in [2.45, 2.75) is 12.8 Å². The van der Waals surface area contributed by atoms with Gasteiger partial charge in [-0.2, -0.15) is 0 Å². The van der Waals surface area contributed by atoms with Crippen LogP contribution in [0.15, 0.2) is 42.5 Å². The maximum absolute atomic E-state index is 12.6. The highest BCUT2D eigenvalue weighted by molar-refractivity contribution is 6.42. The highest BCUT2D eigenvalue weighted by atomic mass is 35.5. The van der Waals surface area contributed by atoms with Crippen LogP contribution in [0.1, 0.15) is 12.8 Å². The molecule has 0 saturated carbocycles. The van der Waals surface area contributed by atoms with Gasteiger partial charge in [-0.3, -0.25) is 9.80 Å². The van der Waals surface area contributed by atoms with E-state index in [1.54, 1.807) is 25.3 Å². The van der Waals surface area contributed by atoms with E-state index in [0.29, 0.717) is 28.3 Å². The zero-order valence-corrected chi connectivity index (χ0v) is 21.7. The number of nitrogens with zero attached hydrogens (tertiary/aromatic N) is 3. The number of hydrogen-bond donors (Lipinski definition) is 1. The van der Waals surface area contributed by atoms with Gasteiger partial charge in [0, 0.05) is 51.5 Å². The van der Waals surface area contributed by atoms with E-state index in [4.69, 9.17) is 32.7 Å². The van der Waals surface area contributed by atoms with E-state index in [0.717, 1.165) is 63.9 Å². The van der Waals surface area contributed by atoms with Crippen LogP contribution < -0.4 is 14.8 Å². The highest BCUT2D eigenvalue weighted by Gasteiger charge is 2.26. The normalized spacial score (nSPS) is 19.4. The van der Waals surface area contributed by atoms with Crippen LogP contribution in [-0.2, 0) is 0 Å². The summed E-state index contributed by atoms with van der Waals surface area (Å²) in [5.74, 6) is 2.21. The monoisotopic (exact) mass is 520 g/mol. The molecule has 0 unspecified atom stereocenters. The van der Waals surface area contributed by atoms with E-state index in [1.807, 2.05) is 29.2 Å². The van der Waals surface area contributed by atoms with E-state index in [9.17, 15) is 4.79 Å². The molecule has 0 bridgehead atoms. The second kappa shape index (κ2) is 12.7. The number of anilines is 1. The number of hydrogen-bond acceptors (Lipinski definition) is 5. The summed E-state index contributed by atoms with van der Waals surface area (Å²) in [5.41, 5.74) is 0.656. The van der Waals surface area contributed by atoms with Gasteiger partial charge in [0.1, 0.15) is 6.61 Å². The summed E-state index contributed by atoms with van der Waals surface area (Å²) in [4.78, 5) is 19.5. The molecular weight excluding hydrogens is 487 g/mol. The second-order valence-electron chi connectivity index (χ2n) is 9.15. The van der Waals surface area contributed by atoms with Crippen LogP contribution in [0.2, 0.25) is 10.0 Å². The third kappa shape index (κ3) is 7.40. The number of urea groups is 1. The van der Waals surface area contributed by atoms with Crippen molar-refractivity contribution in [2.75, 3.05) is 71.4 Å². The summed E-state index contributed by atoms with van der Waals surface area (Å²) >= 11 is 12.0. The van der Waals surface area contributed by atoms with Crippen molar-refractivity contribution in [3.8, 4) is 11.5 Å². The molecule has 2 aromatic rings. The smallest absolute Gasteiger partial charge is 0.321 e. The summed E-state index contributed by atoms with van der Waals surface area (Å²) in [6.07, 6.45) is 2.47. The number of likely N-dealkylation sites (tertiary alicyclic amines) is 1. The van der Waals surface area contributed by atoms with E-state index in [-0.39, 0.29) is 6.03 Å². The minimum Gasteiger partial charge on any atom is -0.493 e. The van der Waals surface area contributed by atoms with Crippen LogP contribution in [0.5, 0.6) is 11.5 Å². The standard InChI is InChI=1S/C26H34Cl2N4O3/c1-34-24-6-2-3-7-25(24)35-16-15-30-10-4-5-20(18-30)19-31-11-13-32(14-12-31)26(33)29-21-8-9-22(27)23(28)17-21/h2-3,6-9,17,20H,4-5,10-16,18-19H2,1H3,(H,29,33)/t20-/m1/s1. The summed E-state index contributed by atoms with van der Waals surface area (Å²) in [6.45, 7) is 8.07. The number of amides is 2. The second-order valence-corrected chi connectivity index (χ2v) is 9.97. The van der Waals surface area contributed by atoms with Crippen molar-refractivity contribution in [3.05, 3.63) is 52.5 Å². The van der Waals surface area contributed by atoms with Crippen LogP contribution in [0, 0.1) is 5.92 Å². The minimum absolute atomic E-state index is 0.0954. The number of methoxy groups -OCH3 is 1. The van der Waals surface area contributed by atoms with Crippen LogP contribution in [0.3, 0.4) is 0 Å². The number of nitrogens with one attached hydrogen (secondary N) is 1. The number of rotatable bonds is 8. The fourth-order valence-electron chi connectivity index (χ4n) is 4.80. The fourth-order valence-corrected chi connectivity index (χ4v) is 5.10. The molecule has 35 heavy (non-hydrogen) atoms. The average molecular weight is 521 g/mol. The Morgan fingerprint density at radius 1 is 1.00 bits per heavy atom. The molecule has 0 spiro atoms. The Labute approximate surface area is 217 Å². The molecule has 2 fully saturated rings. The third-order valence-corrected chi connectivity index (χ3v) is 7.42. The molecule has 1 atom stereocenters. The molecule has 2 aliphatic heterocycles. The Morgan fingerprint density at radius 2 is 1.77 bits per heavy atom. The van der Waals surface area contributed by atoms with Crippen LogP contribution in [0.25, 0.3) is 0 Å². The van der Waals surface area contributed by atoms with Crippen molar-refractivity contribution >= 4 is 34.9 Å². The SMILES string of the molecule is COc1ccccc1OCCN1CCC[C@@H](CN2CCN(C(=O)Nc3ccc(Cl)c(Cl)c3)CC2)C1. The number of carbonyl (C=O) groups is 1. The van der Waals surface area contributed by atoms with E-state index in [2.05, 4.69) is 15.1 Å². The molecule has 0 radical (unpaired) electrons. The number of piperidine rings is 1. The first-order valence-corrected chi connectivity index (χ1v) is 13.0. The number of para-hydroxylation sites is 2. The highest BCUT2D eigenvalue weighted by Crippen LogP contribution is 2.27. The fraction of sp³-hybridized carbons (Fsp3) is 0.500. The molecule has 0 aliphatic carbocycles. The first-order chi connectivity index (χ1) is 17.0. The maximum atomic E-state index is 12.6. The third-order valence-electron chi connectivity index (χ3n) is 6.68. The van der Waals surface area contributed by atoms with E-state index in [1.165, 1.54) is 12.8 Å². The van der Waals surface area contributed by atoms with Gasteiger partial charge >= 0.3 is 6.03 Å². The lowest BCUT2D eigenvalue weighted by Crippen LogP contribution is -2.52. The molecular formula is C26H34Cl2N4O3. The van der Waals surface area contributed by atoms with Crippen molar-refractivity contribution in [3.63, 3.8) is 0 Å². The summed E-state index contributed by atoms with van der Waals surface area (Å²) in [5, 5.41) is 3.83. The van der Waals surface area contributed by atoms with Crippen LogP contribution in [-0.4, -0.2) is 86.8 Å². The molecule has 0 aromatic heterocycles. The Bertz CT molecular complexity index is 985. The Kier molecular flexibility index (Phi) is 9.38. The summed E-state index contributed by atoms with van der Waals surface area (Å²) in [7, 11) is 1.67. The summed E-state index contributed by atoms with van der Waals surface area (Å²) in [6, 6.07) is 12.8. The first-order valence-electron chi connectivity index (χ1n) is 12.2. The minimum atomic E-state index is -0.0954. The predicted octanol–water partition coefficient (Wildman–Crippen LogP) is 4.94. The van der Waals surface area contributed by atoms with Gasteiger partial charge in [0.25, 0.3) is 0 Å². The largest absolute Gasteiger partial charge is 0.493 e. The molecule has 2 aliphatic rings. The van der Waals surface area contributed by atoms with Crippen molar-refractivity contribution < 1.29 is 14.3 Å². The van der Waals surface area contributed by atoms with Crippen LogP contribution in [0.4, 0.5) is 10.5 Å². The quantitative estimate of drug-likeness (QED) is 0.533. The molecule has 2 aromatic carbocycles. The number of ether oxygens (including phenoxy) is 2. The van der Waals surface area contributed by atoms with Gasteiger partial charge in [-0.25, -0.2) is 4.79 Å². The predicted molar refractivity (Wildman–Crippen MR) is 141 cm³/mol. The molecule has 7 nitrogen and oxygen atoms in total. The molecule has 190 valence electrons. The van der Waals surface area contributed by atoms with Crippen molar-refractivity contribution in [1.82, 2.24) is 14.7 Å². The number of piperazine rings is 1. The first kappa shape index (κ1) is 25.9. The molecule has 2 saturated heterocycles. The van der Waals surface area contributed by atoms with Gasteiger partial charge in [0.2, 0.25) is 0 Å². The lowest BCUT2D eigenvalue weighted by atomic mass is 9.97. The lowest BCUT2D eigenvalue weighted by Gasteiger charge is -2.39. The Balaban J connectivity index is 1.17. The lowest BCUT2D eigenvalue weighted by molar-refractivity contribution is 0.0942. The van der Waals surface area contributed by atoms with Gasteiger partial charge in [-0.05, 0) is 55.6 Å². The molecule has 2 heterocycles. The van der Waals surface area contributed by atoms with Crippen molar-refractivity contribution in [1.29, 1.82) is 0 Å². The maximum Gasteiger partial charge on any atom is 0.321 e. The summed E-state index contributed by atoms with van der Waals surface area (Å²) < 4.78 is 11.3.